The normalized spacial score (nSPS) is 28.1. The van der Waals surface area contributed by atoms with Crippen LogP contribution in [0.4, 0.5) is 14.6 Å². The largest absolute Gasteiger partial charge is 0.507 e. The Balaban J connectivity index is 1.22. The highest BCUT2D eigenvalue weighted by Gasteiger charge is 2.50. The molecule has 2 aromatic carbocycles. The van der Waals surface area contributed by atoms with Crippen molar-refractivity contribution in [2.24, 2.45) is 5.92 Å². The van der Waals surface area contributed by atoms with Crippen molar-refractivity contribution in [2.75, 3.05) is 50.8 Å². The van der Waals surface area contributed by atoms with Crippen molar-refractivity contribution in [3.05, 3.63) is 65.3 Å². The summed E-state index contributed by atoms with van der Waals surface area (Å²) in [6, 6.07) is 6.95. The van der Waals surface area contributed by atoms with Crippen LogP contribution in [0.1, 0.15) is 42.7 Å². The number of phenols is 1. The number of halogens is 2. The Morgan fingerprint density at radius 1 is 1.26 bits per heavy atom. The number of aromatic nitrogens is 2. The summed E-state index contributed by atoms with van der Waals surface area (Å²) in [4.78, 5) is 31.2. The third kappa shape index (κ3) is 4.60. The van der Waals surface area contributed by atoms with Gasteiger partial charge in [0.2, 0.25) is 12.5 Å². The Morgan fingerprint density at radius 3 is 2.96 bits per heavy atom. The molecule has 4 heterocycles. The fourth-order valence-electron chi connectivity index (χ4n) is 8.63. The summed E-state index contributed by atoms with van der Waals surface area (Å²) < 4.78 is 37.6. The van der Waals surface area contributed by atoms with Gasteiger partial charge in [0.1, 0.15) is 35.9 Å². The predicted molar refractivity (Wildman–Crippen MR) is 169 cm³/mol. The number of hydrogen-bond acceptors (Lipinski definition) is 7. The number of benzene rings is 2. The third-order valence-corrected chi connectivity index (χ3v) is 10.9. The highest BCUT2D eigenvalue weighted by atomic mass is 19.1. The van der Waals surface area contributed by atoms with Gasteiger partial charge >= 0.3 is 6.01 Å². The summed E-state index contributed by atoms with van der Waals surface area (Å²) in [6.45, 7) is 13.5. The van der Waals surface area contributed by atoms with E-state index in [1.54, 1.807) is 4.90 Å². The molecule has 11 heteroatoms. The standard InChI is InChI=1S/C35H36F2N6O3/c1-3-29(45)43-11-10-41(18-22(43)16-38-2)33-27-14-28(44)30(24-7-4-6-23-25-12-20(25)13-26(23)24)31(37)32(27)39-34(40-33)46-19-35-8-5-9-42(35)17-21(36)15-35/h3-4,6-7,14,20-22,25,44H,1,5,8-13,15-19H2/t20?,21-,22+,25?,35+/m1/s1. The first-order chi connectivity index (χ1) is 22.3. The van der Waals surface area contributed by atoms with Gasteiger partial charge < -0.3 is 24.5 Å². The Labute approximate surface area is 266 Å². The SMILES string of the molecule is [C-]#[N+]C[C@H]1CN(c2nc(OC[C@@]34CCCN3C[C@H](F)C4)nc3c(F)c(-c4cccc5c4CC4CC54)c(O)cc23)CCN1C(=O)C=C. The lowest BCUT2D eigenvalue weighted by atomic mass is 9.92. The van der Waals surface area contributed by atoms with Crippen LogP contribution in [0.25, 0.3) is 26.9 Å². The second-order valence-electron chi connectivity index (χ2n) is 13.5. The summed E-state index contributed by atoms with van der Waals surface area (Å²) in [7, 11) is 0. The van der Waals surface area contributed by atoms with E-state index in [1.165, 1.54) is 17.7 Å². The van der Waals surface area contributed by atoms with E-state index in [2.05, 4.69) is 27.4 Å². The first kappa shape index (κ1) is 29.1. The number of hydrogen-bond donors (Lipinski definition) is 1. The fourth-order valence-corrected chi connectivity index (χ4v) is 8.63. The number of rotatable bonds is 7. The van der Waals surface area contributed by atoms with Crippen LogP contribution in [0.2, 0.25) is 0 Å². The first-order valence-electron chi connectivity index (χ1n) is 16.2. The Kier molecular flexibility index (Phi) is 6.90. The van der Waals surface area contributed by atoms with E-state index in [4.69, 9.17) is 16.3 Å². The first-order valence-corrected chi connectivity index (χ1v) is 16.2. The van der Waals surface area contributed by atoms with Crippen molar-refractivity contribution in [2.45, 2.75) is 55.8 Å². The van der Waals surface area contributed by atoms with E-state index < -0.39 is 23.6 Å². The average Bonchev–Trinajstić information content (AvgIpc) is 3.39. The number of anilines is 1. The molecule has 1 aromatic heterocycles. The van der Waals surface area contributed by atoms with Crippen LogP contribution in [-0.4, -0.2) is 94.4 Å². The zero-order valence-electron chi connectivity index (χ0n) is 25.6. The molecule has 1 saturated carbocycles. The number of amides is 1. The molecule has 4 fully saturated rings. The maximum Gasteiger partial charge on any atom is 0.319 e. The minimum absolute atomic E-state index is 0.0209. The van der Waals surface area contributed by atoms with Gasteiger partial charge in [-0.15, -0.1) is 0 Å². The molecule has 46 heavy (non-hydrogen) atoms. The van der Waals surface area contributed by atoms with Crippen LogP contribution >= 0.6 is 0 Å². The molecule has 238 valence electrons. The van der Waals surface area contributed by atoms with E-state index >= 15 is 4.39 Å². The van der Waals surface area contributed by atoms with Gasteiger partial charge in [-0.25, -0.2) is 15.4 Å². The van der Waals surface area contributed by atoms with Gasteiger partial charge in [-0.2, -0.15) is 9.97 Å². The minimum atomic E-state index is -0.924. The average molecular weight is 627 g/mol. The van der Waals surface area contributed by atoms with Crippen molar-refractivity contribution in [3.63, 3.8) is 0 Å². The summed E-state index contributed by atoms with van der Waals surface area (Å²) in [5.41, 5.74) is 2.68. The quantitative estimate of drug-likeness (QED) is 0.296. The second-order valence-corrected chi connectivity index (χ2v) is 13.5. The van der Waals surface area contributed by atoms with Gasteiger partial charge in [-0.1, -0.05) is 24.8 Å². The van der Waals surface area contributed by atoms with Crippen molar-refractivity contribution in [1.82, 2.24) is 19.8 Å². The summed E-state index contributed by atoms with van der Waals surface area (Å²) >= 11 is 0. The van der Waals surface area contributed by atoms with E-state index in [0.29, 0.717) is 54.7 Å². The second kappa shape index (κ2) is 10.9. The summed E-state index contributed by atoms with van der Waals surface area (Å²) in [5.74, 6) is 0.349. The number of phenolic OH excluding ortho intramolecular Hbond substituents is 1. The highest BCUT2D eigenvalue weighted by Crippen LogP contribution is 2.58. The van der Waals surface area contributed by atoms with Crippen molar-refractivity contribution < 1.29 is 23.4 Å². The lowest BCUT2D eigenvalue weighted by Crippen LogP contribution is -2.56. The molecule has 3 aromatic rings. The van der Waals surface area contributed by atoms with Gasteiger partial charge in [0.15, 0.2) is 5.82 Å². The Hall–Kier alpha value is -4.30. The van der Waals surface area contributed by atoms with Gasteiger partial charge in [0.25, 0.3) is 0 Å². The third-order valence-electron chi connectivity index (χ3n) is 10.9. The Bertz CT molecular complexity index is 1810. The monoisotopic (exact) mass is 626 g/mol. The van der Waals surface area contributed by atoms with Crippen molar-refractivity contribution in [3.8, 4) is 22.9 Å². The lowest BCUT2D eigenvalue weighted by Gasteiger charge is -2.39. The van der Waals surface area contributed by atoms with Crippen LogP contribution in [-0.2, 0) is 11.2 Å². The maximum atomic E-state index is 16.9. The molecule has 0 radical (unpaired) electrons. The zero-order chi connectivity index (χ0) is 31.7. The summed E-state index contributed by atoms with van der Waals surface area (Å²) in [6.07, 6.45) is 4.47. The minimum Gasteiger partial charge on any atom is -0.507 e. The molecule has 1 amide bonds. The molecule has 3 aliphatic heterocycles. The zero-order valence-corrected chi connectivity index (χ0v) is 25.6. The number of alkyl halides is 1. The molecule has 0 bridgehead atoms. The van der Waals surface area contributed by atoms with Gasteiger partial charge in [-0.3, -0.25) is 9.69 Å². The number of carbonyl (C=O) groups excluding carboxylic acids is 1. The van der Waals surface area contributed by atoms with Crippen molar-refractivity contribution in [1.29, 1.82) is 0 Å². The number of aromatic hydroxyl groups is 1. The van der Waals surface area contributed by atoms with Crippen LogP contribution in [0.5, 0.6) is 11.8 Å². The number of ether oxygens (including phenoxy) is 1. The topological polar surface area (TPSA) is 86.4 Å². The van der Waals surface area contributed by atoms with E-state index in [-0.39, 0.29) is 48.4 Å². The fraction of sp³-hybridized carbons (Fsp3) is 0.486. The molecule has 5 aliphatic rings. The number of fused-ring (bicyclic) bond motifs is 5. The van der Waals surface area contributed by atoms with Crippen LogP contribution in [0, 0.1) is 18.3 Å². The molecule has 3 saturated heterocycles. The smallest absolute Gasteiger partial charge is 0.319 e. The summed E-state index contributed by atoms with van der Waals surface area (Å²) in [5, 5.41) is 11.7. The van der Waals surface area contributed by atoms with Gasteiger partial charge in [-0.05, 0) is 72.9 Å². The number of carbonyl (C=O) groups is 1. The molecule has 0 spiro atoms. The van der Waals surface area contributed by atoms with Crippen LogP contribution in [0.3, 0.4) is 0 Å². The Morgan fingerprint density at radius 2 is 2.13 bits per heavy atom. The van der Waals surface area contributed by atoms with E-state index in [0.717, 1.165) is 37.8 Å². The number of piperazine rings is 1. The van der Waals surface area contributed by atoms with Crippen LogP contribution < -0.4 is 9.64 Å². The predicted octanol–water partition coefficient (Wildman–Crippen LogP) is 4.88. The van der Waals surface area contributed by atoms with Gasteiger partial charge in [0, 0.05) is 38.0 Å². The molecule has 2 aliphatic carbocycles. The molecule has 2 unspecified atom stereocenters. The molecule has 8 rings (SSSR count). The molecule has 5 atom stereocenters. The molecular weight excluding hydrogens is 590 g/mol. The van der Waals surface area contributed by atoms with Crippen LogP contribution in [0.15, 0.2) is 36.9 Å². The molecule has 9 nitrogen and oxygen atoms in total. The number of nitrogens with zero attached hydrogens (tertiary/aromatic N) is 6. The van der Waals surface area contributed by atoms with E-state index in [9.17, 15) is 14.3 Å². The highest BCUT2D eigenvalue weighted by molar-refractivity contribution is 5.97. The van der Waals surface area contributed by atoms with Crippen molar-refractivity contribution >= 4 is 22.6 Å². The lowest BCUT2D eigenvalue weighted by molar-refractivity contribution is -0.128. The van der Waals surface area contributed by atoms with Gasteiger partial charge in [0.05, 0.1) is 11.1 Å². The van der Waals surface area contributed by atoms with E-state index in [1.807, 2.05) is 17.0 Å². The maximum absolute atomic E-state index is 16.9. The molecular formula is C35H36F2N6O3. The molecule has 1 N–H and O–H groups in total.